The number of hydrogen-bond donors (Lipinski definition) is 5. The predicted octanol–water partition coefficient (Wildman–Crippen LogP) is 0.936. The molecule has 0 saturated carbocycles. The molecule has 0 bridgehead atoms. The second kappa shape index (κ2) is 17.0. The topological polar surface area (TPSA) is 183 Å². The largest absolute Gasteiger partial charge is 0.344 e. The van der Waals surface area contributed by atoms with E-state index < -0.39 is 77.0 Å². The van der Waals surface area contributed by atoms with Crippen LogP contribution in [-0.4, -0.2) is 107 Å². The summed E-state index contributed by atoms with van der Waals surface area (Å²) in [4.78, 5) is 91.6. The van der Waals surface area contributed by atoms with Crippen LogP contribution in [-0.2, 0) is 35.2 Å². The maximum Gasteiger partial charge on any atom is 0.257 e. The lowest BCUT2D eigenvalue weighted by molar-refractivity contribution is -0.172. The summed E-state index contributed by atoms with van der Waals surface area (Å²) in [6.45, 7) is 4.63. The van der Waals surface area contributed by atoms with Crippen molar-refractivity contribution in [3.05, 3.63) is 35.9 Å². The fourth-order valence-corrected chi connectivity index (χ4v) is 7.91. The average Bonchev–Trinajstić information content (AvgIpc) is 3.65. The Hall–Kier alpha value is -3.68. The summed E-state index contributed by atoms with van der Waals surface area (Å²) in [6.07, 6.45) is 4.66. The van der Waals surface area contributed by atoms with Crippen molar-refractivity contribution in [1.29, 1.82) is 0 Å². The standard InChI is InChI=1S/C37H55N7O6/c1-3-24(2)30-31(45)37(18-12-19-38,44(34(48)26-15-7-9-20-39-26)35(49)27-16-8-10-21-40-27)36(50)43-22-11-17-29(43)33(47)41-28(32(46)42-30)23-25-13-5-4-6-14-25/h4-6,13-14,24,26-30,39-40H,3,7-12,15-23,38H2,1-2H3,(H,41,47)(H,42,46)/t24-,26-,27+,28+,29-,30-,37+/m0/s1/i/hD. The molecule has 0 unspecified atom stereocenters. The quantitative estimate of drug-likeness (QED) is 0.176. The molecular weight excluding hydrogens is 638 g/mol. The number of carbonyl (C=O) groups is 6. The van der Waals surface area contributed by atoms with Gasteiger partial charge in [-0.2, -0.15) is 0 Å². The van der Waals surface area contributed by atoms with Crippen LogP contribution < -0.4 is 27.0 Å². The zero-order valence-electron chi connectivity index (χ0n) is 30.5. The summed E-state index contributed by atoms with van der Waals surface area (Å²) < 4.78 is 8.70. The maximum absolute atomic E-state index is 15.7. The van der Waals surface area contributed by atoms with Crippen molar-refractivity contribution in [2.45, 2.75) is 127 Å². The van der Waals surface area contributed by atoms with Crippen LogP contribution in [0.1, 0.15) is 90.0 Å². The van der Waals surface area contributed by atoms with E-state index in [0.29, 0.717) is 51.6 Å². The molecule has 1 aromatic carbocycles. The van der Waals surface area contributed by atoms with Crippen LogP contribution in [0.25, 0.3) is 0 Å². The number of Topliss-reactive ketones (excluding diaryl/α,β-unsaturated/α-hetero) is 1. The van der Waals surface area contributed by atoms with E-state index in [-0.39, 0.29) is 45.2 Å². The number of carbonyl (C=O) groups excluding carboxylic acids is 6. The number of hydrogen-bond acceptors (Lipinski definition) is 9. The number of amides is 5. The van der Waals surface area contributed by atoms with E-state index in [4.69, 9.17) is 7.15 Å². The van der Waals surface area contributed by atoms with E-state index in [1.807, 2.05) is 37.3 Å². The number of imide groups is 1. The van der Waals surface area contributed by atoms with Gasteiger partial charge in [0.2, 0.25) is 23.6 Å². The van der Waals surface area contributed by atoms with Crippen LogP contribution in [0.5, 0.6) is 0 Å². The molecule has 5 amide bonds. The molecule has 5 rings (SSSR count). The highest BCUT2D eigenvalue weighted by molar-refractivity contribution is 6.20. The number of benzene rings is 1. The SMILES string of the molecule is [2H]N1CCCC[C@H]1C(=O)N(C(=O)[C@H]1CCCCN1)[C@]1(CCCN)C(=O)[C@H]([C@@H](C)CC)NC(=O)[C@@H](Cc2ccccc2)NC(=O)[C@@H]2CCCN2C1=O. The summed E-state index contributed by atoms with van der Waals surface area (Å²) >= 11 is 0. The first-order valence-electron chi connectivity index (χ1n) is 19.1. The van der Waals surface area contributed by atoms with Gasteiger partial charge in [-0.15, -0.1) is 0 Å². The van der Waals surface area contributed by atoms with Gasteiger partial charge in [-0.05, 0) is 82.5 Å². The summed E-state index contributed by atoms with van der Waals surface area (Å²) in [5.74, 6) is -4.73. The molecule has 4 saturated heterocycles. The zero-order chi connectivity index (χ0) is 36.7. The molecular formula is C37H55N7O6. The Labute approximate surface area is 296 Å². The van der Waals surface area contributed by atoms with Crippen molar-refractivity contribution < 1.29 is 30.2 Å². The van der Waals surface area contributed by atoms with Crippen LogP contribution in [0.4, 0.5) is 0 Å². The molecule has 4 aliphatic rings. The number of piperidine rings is 2. The van der Waals surface area contributed by atoms with Crippen LogP contribution in [0.3, 0.4) is 0 Å². The lowest BCUT2D eigenvalue weighted by Gasteiger charge is -2.47. The van der Waals surface area contributed by atoms with Crippen molar-refractivity contribution in [2.24, 2.45) is 11.7 Å². The van der Waals surface area contributed by atoms with E-state index >= 15 is 9.59 Å². The van der Waals surface area contributed by atoms with Gasteiger partial charge in [0.05, 0.1) is 18.1 Å². The third-order valence-corrected chi connectivity index (χ3v) is 11.0. The molecule has 50 heavy (non-hydrogen) atoms. The lowest BCUT2D eigenvalue weighted by Crippen LogP contribution is -2.74. The Balaban J connectivity index is 1.72. The lowest BCUT2D eigenvalue weighted by atomic mass is 9.76. The van der Waals surface area contributed by atoms with Crippen molar-refractivity contribution in [3.8, 4) is 0 Å². The van der Waals surface area contributed by atoms with Crippen molar-refractivity contribution in [3.63, 3.8) is 0 Å². The predicted molar refractivity (Wildman–Crippen MR) is 187 cm³/mol. The summed E-state index contributed by atoms with van der Waals surface area (Å²) in [6, 6.07) is 3.93. The van der Waals surface area contributed by atoms with Gasteiger partial charge >= 0.3 is 0 Å². The molecule has 274 valence electrons. The Morgan fingerprint density at radius 2 is 1.66 bits per heavy atom. The number of ketones is 1. The molecule has 4 aliphatic heterocycles. The molecule has 6 N–H and O–H groups in total. The third kappa shape index (κ3) is 7.79. The highest BCUT2D eigenvalue weighted by Crippen LogP contribution is 2.36. The van der Waals surface area contributed by atoms with Gasteiger partial charge in [-0.25, -0.2) is 0 Å². The van der Waals surface area contributed by atoms with Gasteiger partial charge in [0, 0.05) is 13.0 Å². The van der Waals surface area contributed by atoms with E-state index in [0.717, 1.165) is 22.2 Å². The summed E-state index contributed by atoms with van der Waals surface area (Å²) in [7, 11) is 0. The summed E-state index contributed by atoms with van der Waals surface area (Å²) in [5.41, 5.74) is 4.44. The first kappa shape index (κ1) is 36.1. The molecule has 0 aliphatic carbocycles. The molecule has 7 atom stereocenters. The fraction of sp³-hybridized carbons (Fsp3) is 0.676. The monoisotopic (exact) mass is 694 g/mol. The molecule has 4 heterocycles. The van der Waals surface area contributed by atoms with Crippen molar-refractivity contribution in [1.82, 2.24) is 31.1 Å². The Kier molecular flexibility index (Phi) is 12.3. The van der Waals surface area contributed by atoms with E-state index in [9.17, 15) is 19.2 Å². The van der Waals surface area contributed by atoms with Crippen LogP contribution >= 0.6 is 0 Å². The molecule has 0 aromatic heterocycles. The molecule has 4 fully saturated rings. The van der Waals surface area contributed by atoms with Crippen LogP contribution in [0.2, 0.25) is 1.41 Å². The molecule has 13 nitrogen and oxygen atoms in total. The molecule has 0 spiro atoms. The first-order chi connectivity index (χ1) is 24.5. The van der Waals surface area contributed by atoms with Crippen molar-refractivity contribution >= 4 is 35.3 Å². The number of nitrogens with zero attached hydrogens (tertiary/aromatic N) is 2. The highest BCUT2D eigenvalue weighted by atomic mass is 16.2. The molecule has 13 heteroatoms. The van der Waals surface area contributed by atoms with Gasteiger partial charge in [-0.3, -0.25) is 33.7 Å². The first-order valence-corrected chi connectivity index (χ1v) is 18.6. The second-order valence-corrected chi connectivity index (χ2v) is 14.3. The van der Waals surface area contributed by atoms with Gasteiger partial charge in [0.1, 0.15) is 13.5 Å². The fourth-order valence-electron chi connectivity index (χ4n) is 7.91. The van der Waals surface area contributed by atoms with Gasteiger partial charge in [-0.1, -0.05) is 63.4 Å². The van der Waals surface area contributed by atoms with E-state index in [1.165, 1.54) is 4.90 Å². The normalized spacial score (nSPS) is 30.7. The average molecular weight is 695 g/mol. The van der Waals surface area contributed by atoms with Gasteiger partial charge in [0.15, 0.2) is 11.3 Å². The molecule has 0 radical (unpaired) electrons. The Morgan fingerprint density at radius 3 is 2.34 bits per heavy atom. The number of nitrogens with one attached hydrogen (secondary N) is 4. The zero-order valence-corrected chi connectivity index (χ0v) is 29.5. The highest BCUT2D eigenvalue weighted by Gasteiger charge is 2.61. The van der Waals surface area contributed by atoms with E-state index in [2.05, 4.69) is 16.0 Å². The van der Waals surface area contributed by atoms with Gasteiger partial charge < -0.3 is 31.9 Å². The number of nitrogens with two attached hydrogens (primary N) is 1. The minimum atomic E-state index is -2.42. The smallest absolute Gasteiger partial charge is 0.257 e. The number of fused-ring (bicyclic) bond motifs is 1. The third-order valence-electron chi connectivity index (χ3n) is 11.0. The van der Waals surface area contributed by atoms with Crippen molar-refractivity contribution in [2.75, 3.05) is 26.2 Å². The number of rotatable bonds is 10. The van der Waals surface area contributed by atoms with Crippen LogP contribution in [0.15, 0.2) is 30.3 Å². The second-order valence-electron chi connectivity index (χ2n) is 14.3. The van der Waals surface area contributed by atoms with Gasteiger partial charge in [0.25, 0.3) is 5.91 Å². The molecule has 1 aromatic rings. The Bertz CT molecular complexity index is 1440. The Morgan fingerprint density at radius 1 is 0.960 bits per heavy atom. The maximum atomic E-state index is 15.7. The minimum absolute atomic E-state index is 0.0532. The van der Waals surface area contributed by atoms with E-state index in [1.54, 1.807) is 6.92 Å². The summed E-state index contributed by atoms with van der Waals surface area (Å²) in [5, 5.41) is 10.1. The van der Waals surface area contributed by atoms with Crippen LogP contribution in [0, 0.1) is 5.92 Å². The minimum Gasteiger partial charge on any atom is -0.344 e.